The molecular formula is C13H10ClN3OS. The number of hydrogen-bond acceptors (Lipinski definition) is 3. The summed E-state index contributed by atoms with van der Waals surface area (Å²) in [6.07, 6.45) is 1.58. The van der Waals surface area contributed by atoms with Crippen molar-refractivity contribution in [2.24, 2.45) is 0 Å². The molecule has 96 valence electrons. The molecule has 0 aliphatic rings. The molecule has 3 rings (SSSR count). The average Bonchev–Trinajstić information content (AvgIpc) is 3.01. The molecule has 0 aliphatic carbocycles. The second kappa shape index (κ2) is 5.03. The zero-order chi connectivity index (χ0) is 13.2. The van der Waals surface area contributed by atoms with Crippen molar-refractivity contribution in [3.63, 3.8) is 0 Å². The van der Waals surface area contributed by atoms with Gasteiger partial charge in [0.2, 0.25) is 0 Å². The first-order valence-electron chi connectivity index (χ1n) is 5.69. The highest BCUT2D eigenvalue weighted by atomic mass is 35.5. The molecule has 3 aromatic rings. The topological polar surface area (TPSA) is 57.8 Å². The van der Waals surface area contributed by atoms with Gasteiger partial charge < -0.3 is 10.3 Å². The van der Waals surface area contributed by atoms with Crippen molar-refractivity contribution in [3.8, 4) is 0 Å². The van der Waals surface area contributed by atoms with Gasteiger partial charge in [-0.15, -0.1) is 11.3 Å². The average molecular weight is 292 g/mol. The van der Waals surface area contributed by atoms with Gasteiger partial charge in [0.15, 0.2) is 0 Å². The smallest absolute Gasteiger partial charge is 0.268 e. The van der Waals surface area contributed by atoms with Crippen molar-refractivity contribution in [1.82, 2.24) is 15.3 Å². The minimum Gasteiger partial charge on any atom is -0.356 e. The summed E-state index contributed by atoms with van der Waals surface area (Å²) >= 11 is 7.33. The minimum atomic E-state index is -0.189. The molecule has 1 aromatic carbocycles. The van der Waals surface area contributed by atoms with Gasteiger partial charge >= 0.3 is 0 Å². The molecular weight excluding hydrogens is 282 g/mol. The van der Waals surface area contributed by atoms with E-state index in [2.05, 4.69) is 15.3 Å². The fourth-order valence-corrected chi connectivity index (χ4v) is 2.82. The number of aromatic amines is 1. The van der Waals surface area contributed by atoms with Crippen molar-refractivity contribution in [3.05, 3.63) is 52.3 Å². The molecule has 0 radical (unpaired) electrons. The molecule has 0 unspecified atom stereocenters. The highest BCUT2D eigenvalue weighted by molar-refractivity contribution is 7.18. The normalized spacial score (nSPS) is 10.8. The van der Waals surface area contributed by atoms with Crippen LogP contribution in [0.25, 0.3) is 10.2 Å². The fourth-order valence-electron chi connectivity index (χ4n) is 1.75. The van der Waals surface area contributed by atoms with E-state index in [0.29, 0.717) is 17.3 Å². The number of carbonyl (C=O) groups excluding carboxylic acids is 1. The first kappa shape index (κ1) is 12.2. The molecule has 0 aliphatic heterocycles. The fraction of sp³-hybridized carbons (Fsp3) is 0.0769. The summed E-state index contributed by atoms with van der Waals surface area (Å²) in [7, 11) is 0. The number of hydrogen-bond donors (Lipinski definition) is 2. The maximum absolute atomic E-state index is 11.8. The van der Waals surface area contributed by atoms with Gasteiger partial charge in [-0.25, -0.2) is 4.98 Å². The molecule has 0 atom stereocenters. The van der Waals surface area contributed by atoms with Gasteiger partial charge in [-0.1, -0.05) is 23.7 Å². The highest BCUT2D eigenvalue weighted by Gasteiger charge is 2.09. The second-order valence-electron chi connectivity index (χ2n) is 3.99. The van der Waals surface area contributed by atoms with Gasteiger partial charge in [0.1, 0.15) is 10.7 Å². The standard InChI is InChI=1S/C13H10ClN3OS/c14-8-5-10(15-6-8)13(18)16-7-12-17-9-3-1-2-4-11(9)19-12/h1-6,15H,7H2,(H,16,18). The predicted octanol–water partition coefficient (Wildman–Crippen LogP) is 3.21. The highest BCUT2D eigenvalue weighted by Crippen LogP contribution is 2.21. The summed E-state index contributed by atoms with van der Waals surface area (Å²) in [4.78, 5) is 19.1. The van der Waals surface area contributed by atoms with Gasteiger partial charge in [-0.05, 0) is 18.2 Å². The van der Waals surface area contributed by atoms with Crippen molar-refractivity contribution in [1.29, 1.82) is 0 Å². The maximum atomic E-state index is 11.8. The Morgan fingerprint density at radius 1 is 1.42 bits per heavy atom. The number of halogens is 1. The van der Waals surface area contributed by atoms with Gasteiger partial charge in [0.05, 0.1) is 21.8 Å². The number of para-hydroxylation sites is 1. The van der Waals surface area contributed by atoms with E-state index >= 15 is 0 Å². The summed E-state index contributed by atoms with van der Waals surface area (Å²) in [5, 5.41) is 4.21. The Hall–Kier alpha value is -1.85. The van der Waals surface area contributed by atoms with E-state index in [1.165, 1.54) is 0 Å². The molecule has 1 amide bonds. The van der Waals surface area contributed by atoms with Crippen LogP contribution < -0.4 is 5.32 Å². The van der Waals surface area contributed by atoms with Crippen LogP contribution in [-0.4, -0.2) is 15.9 Å². The van der Waals surface area contributed by atoms with E-state index in [9.17, 15) is 4.79 Å². The Morgan fingerprint density at radius 2 is 2.26 bits per heavy atom. The van der Waals surface area contributed by atoms with Gasteiger partial charge in [0, 0.05) is 6.20 Å². The molecule has 2 N–H and O–H groups in total. The zero-order valence-corrected chi connectivity index (χ0v) is 11.4. The summed E-state index contributed by atoms with van der Waals surface area (Å²) in [5.41, 5.74) is 1.41. The molecule has 0 bridgehead atoms. The number of nitrogens with zero attached hydrogens (tertiary/aromatic N) is 1. The number of rotatable bonds is 3. The molecule has 0 saturated carbocycles. The van der Waals surface area contributed by atoms with Crippen molar-refractivity contribution < 1.29 is 4.79 Å². The number of fused-ring (bicyclic) bond motifs is 1. The van der Waals surface area contributed by atoms with E-state index in [-0.39, 0.29) is 5.91 Å². The van der Waals surface area contributed by atoms with E-state index in [4.69, 9.17) is 11.6 Å². The number of nitrogens with one attached hydrogen (secondary N) is 2. The molecule has 2 aromatic heterocycles. The minimum absolute atomic E-state index is 0.189. The SMILES string of the molecule is O=C(NCc1nc2ccccc2s1)c1cc(Cl)c[nH]1. The summed E-state index contributed by atoms with van der Waals surface area (Å²) in [6.45, 7) is 0.412. The quantitative estimate of drug-likeness (QED) is 0.778. The van der Waals surface area contributed by atoms with E-state index in [1.54, 1.807) is 23.6 Å². The Balaban J connectivity index is 1.70. The van der Waals surface area contributed by atoms with E-state index < -0.39 is 0 Å². The van der Waals surface area contributed by atoms with Crippen LogP contribution in [0.5, 0.6) is 0 Å². The van der Waals surface area contributed by atoms with Crippen LogP contribution in [0.3, 0.4) is 0 Å². The van der Waals surface area contributed by atoms with E-state index in [1.807, 2.05) is 24.3 Å². The van der Waals surface area contributed by atoms with Crippen molar-refractivity contribution in [2.45, 2.75) is 6.54 Å². The first-order valence-corrected chi connectivity index (χ1v) is 6.88. The number of amides is 1. The van der Waals surface area contributed by atoms with Gasteiger partial charge in [-0.2, -0.15) is 0 Å². The first-order chi connectivity index (χ1) is 9.22. The van der Waals surface area contributed by atoms with Crippen molar-refractivity contribution in [2.75, 3.05) is 0 Å². The molecule has 0 fully saturated rings. The van der Waals surface area contributed by atoms with Crippen LogP contribution in [-0.2, 0) is 6.54 Å². The summed E-state index contributed by atoms with van der Waals surface area (Å²) in [6, 6.07) is 9.50. The Labute approximate surface area is 118 Å². The number of thiazole rings is 1. The second-order valence-corrected chi connectivity index (χ2v) is 5.54. The molecule has 6 heteroatoms. The third kappa shape index (κ3) is 2.62. The predicted molar refractivity (Wildman–Crippen MR) is 76.6 cm³/mol. The lowest BCUT2D eigenvalue weighted by Crippen LogP contribution is -2.22. The lowest BCUT2D eigenvalue weighted by atomic mass is 10.3. The number of H-pyrrole nitrogens is 1. The monoisotopic (exact) mass is 291 g/mol. The van der Waals surface area contributed by atoms with Crippen LogP contribution in [0.1, 0.15) is 15.5 Å². The largest absolute Gasteiger partial charge is 0.356 e. The number of aromatic nitrogens is 2. The summed E-state index contributed by atoms with van der Waals surface area (Å²) in [5.74, 6) is -0.189. The number of benzene rings is 1. The van der Waals surface area contributed by atoms with Crippen LogP contribution >= 0.6 is 22.9 Å². The van der Waals surface area contributed by atoms with Crippen LogP contribution in [0.15, 0.2) is 36.5 Å². The molecule has 0 saturated heterocycles. The van der Waals surface area contributed by atoms with Crippen molar-refractivity contribution >= 4 is 39.1 Å². The van der Waals surface area contributed by atoms with Gasteiger partial charge in [0.25, 0.3) is 5.91 Å². The van der Waals surface area contributed by atoms with Crippen LogP contribution in [0, 0.1) is 0 Å². The third-order valence-corrected chi connectivity index (χ3v) is 3.89. The van der Waals surface area contributed by atoms with Gasteiger partial charge in [-0.3, -0.25) is 4.79 Å². The Kier molecular flexibility index (Phi) is 3.23. The lowest BCUT2D eigenvalue weighted by molar-refractivity contribution is 0.0946. The molecule has 0 spiro atoms. The molecule has 4 nitrogen and oxygen atoms in total. The third-order valence-electron chi connectivity index (χ3n) is 2.63. The van der Waals surface area contributed by atoms with Crippen LogP contribution in [0.2, 0.25) is 5.02 Å². The number of carbonyl (C=O) groups is 1. The Morgan fingerprint density at radius 3 is 3.00 bits per heavy atom. The summed E-state index contributed by atoms with van der Waals surface area (Å²) < 4.78 is 1.12. The molecule has 19 heavy (non-hydrogen) atoms. The lowest BCUT2D eigenvalue weighted by Gasteiger charge is -1.99. The Bertz CT molecular complexity index is 701. The van der Waals surface area contributed by atoms with E-state index in [0.717, 1.165) is 15.2 Å². The van der Waals surface area contributed by atoms with Crippen LogP contribution in [0.4, 0.5) is 0 Å². The zero-order valence-electron chi connectivity index (χ0n) is 9.81. The molecule has 2 heterocycles. The maximum Gasteiger partial charge on any atom is 0.268 e.